The Labute approximate surface area is 183 Å². The normalized spacial score (nSPS) is 14.2. The van der Waals surface area contributed by atoms with Crippen molar-refractivity contribution in [3.05, 3.63) is 58.7 Å². The first-order valence-electron chi connectivity index (χ1n) is 9.58. The van der Waals surface area contributed by atoms with E-state index in [9.17, 15) is 13.2 Å². The molecule has 0 spiro atoms. The van der Waals surface area contributed by atoms with Crippen molar-refractivity contribution < 1.29 is 17.9 Å². The lowest BCUT2D eigenvalue weighted by atomic mass is 10.2. The van der Waals surface area contributed by atoms with E-state index in [1.165, 1.54) is 12.1 Å². The highest BCUT2D eigenvalue weighted by molar-refractivity contribution is 9.10. The number of hydrogen-bond acceptors (Lipinski definition) is 4. The average Bonchev–Trinajstić information content (AvgIpc) is 3.43. The number of methoxy groups -OCH3 is 1. The smallest absolute Gasteiger partial charge is 0.256 e. The van der Waals surface area contributed by atoms with Crippen molar-refractivity contribution in [3.8, 4) is 0 Å². The predicted octanol–water partition coefficient (Wildman–Crippen LogP) is 3.74. The number of sulfonamides is 1. The summed E-state index contributed by atoms with van der Waals surface area (Å²) in [6.07, 6.45) is 3.67. The number of halogens is 1. The molecule has 9 heteroatoms. The fourth-order valence-corrected chi connectivity index (χ4v) is 4.95. The Hall–Kier alpha value is -2.20. The summed E-state index contributed by atoms with van der Waals surface area (Å²) in [5.74, 6) is -0.386. The molecule has 158 valence electrons. The standard InChI is InChI=1S/C21H22BrN3O4S/c1-29-11-10-25-9-8-14-12-16(4-7-20(14)25)23-21(26)18-13-17(5-6-19(18)22)30(27,28)24-15-2-3-15/h4-9,12-13,15,24H,2-3,10-11H2,1H3,(H,23,26). The summed E-state index contributed by atoms with van der Waals surface area (Å²) in [5, 5.41) is 3.85. The largest absolute Gasteiger partial charge is 0.383 e. The molecule has 0 radical (unpaired) electrons. The number of aromatic nitrogens is 1. The Balaban J connectivity index is 1.55. The molecule has 2 aromatic carbocycles. The van der Waals surface area contributed by atoms with Gasteiger partial charge in [-0.2, -0.15) is 0 Å². The molecule has 0 saturated heterocycles. The van der Waals surface area contributed by atoms with Crippen LogP contribution in [0.4, 0.5) is 5.69 Å². The number of anilines is 1. The minimum atomic E-state index is -3.64. The topological polar surface area (TPSA) is 89.4 Å². The van der Waals surface area contributed by atoms with Crippen molar-refractivity contribution in [2.45, 2.75) is 30.3 Å². The lowest BCUT2D eigenvalue weighted by Crippen LogP contribution is -2.26. The van der Waals surface area contributed by atoms with Crippen LogP contribution in [-0.2, 0) is 21.3 Å². The molecule has 0 aliphatic heterocycles. The summed E-state index contributed by atoms with van der Waals surface area (Å²) in [6.45, 7) is 1.36. The Bertz CT molecular complexity index is 1200. The van der Waals surface area contributed by atoms with Gasteiger partial charge in [0.05, 0.1) is 17.1 Å². The van der Waals surface area contributed by atoms with Crippen molar-refractivity contribution >= 4 is 48.5 Å². The Morgan fingerprint density at radius 1 is 1.20 bits per heavy atom. The van der Waals surface area contributed by atoms with E-state index >= 15 is 0 Å². The third kappa shape index (κ3) is 4.59. The fraction of sp³-hybridized carbons (Fsp3) is 0.286. The van der Waals surface area contributed by atoms with E-state index < -0.39 is 10.0 Å². The lowest BCUT2D eigenvalue weighted by Gasteiger charge is -2.11. The maximum Gasteiger partial charge on any atom is 0.256 e. The van der Waals surface area contributed by atoms with Gasteiger partial charge in [-0.05, 0) is 71.2 Å². The van der Waals surface area contributed by atoms with Gasteiger partial charge in [0, 0.05) is 47.0 Å². The molecule has 7 nitrogen and oxygen atoms in total. The minimum absolute atomic E-state index is 0.00107. The van der Waals surface area contributed by atoms with Gasteiger partial charge in [-0.15, -0.1) is 0 Å². The number of rotatable bonds is 8. The van der Waals surface area contributed by atoms with Gasteiger partial charge >= 0.3 is 0 Å². The molecule has 1 amide bonds. The first kappa shape index (κ1) is 21.0. The van der Waals surface area contributed by atoms with E-state index in [1.807, 2.05) is 30.5 Å². The minimum Gasteiger partial charge on any atom is -0.383 e. The second-order valence-electron chi connectivity index (χ2n) is 7.27. The van der Waals surface area contributed by atoms with Crippen molar-refractivity contribution in [2.24, 2.45) is 0 Å². The maximum absolute atomic E-state index is 12.9. The van der Waals surface area contributed by atoms with Crippen LogP contribution in [0.15, 0.2) is 58.0 Å². The first-order valence-corrected chi connectivity index (χ1v) is 11.9. The van der Waals surface area contributed by atoms with Gasteiger partial charge in [0.2, 0.25) is 10.0 Å². The first-order chi connectivity index (χ1) is 14.4. The molecule has 4 rings (SSSR count). The molecule has 0 unspecified atom stereocenters. The molecule has 1 saturated carbocycles. The number of fused-ring (bicyclic) bond motifs is 1. The molecule has 2 N–H and O–H groups in total. The number of nitrogens with zero attached hydrogens (tertiary/aromatic N) is 1. The Morgan fingerprint density at radius 2 is 2.00 bits per heavy atom. The second-order valence-corrected chi connectivity index (χ2v) is 9.84. The number of hydrogen-bond donors (Lipinski definition) is 2. The second kappa shape index (κ2) is 8.50. The molecule has 30 heavy (non-hydrogen) atoms. The van der Waals surface area contributed by atoms with Gasteiger partial charge in [0.25, 0.3) is 5.91 Å². The van der Waals surface area contributed by atoms with Crippen LogP contribution in [0.3, 0.4) is 0 Å². The van der Waals surface area contributed by atoms with Crippen LogP contribution in [0.25, 0.3) is 10.9 Å². The summed E-state index contributed by atoms with van der Waals surface area (Å²) >= 11 is 3.35. The van der Waals surface area contributed by atoms with Crippen LogP contribution in [0, 0.1) is 0 Å². The molecule has 3 aromatic rings. The number of carbonyl (C=O) groups excluding carboxylic acids is 1. The van der Waals surface area contributed by atoms with Crippen LogP contribution in [0.1, 0.15) is 23.2 Å². The monoisotopic (exact) mass is 491 g/mol. The van der Waals surface area contributed by atoms with E-state index in [0.717, 1.165) is 30.3 Å². The Morgan fingerprint density at radius 3 is 2.73 bits per heavy atom. The summed E-state index contributed by atoms with van der Waals surface area (Å²) in [4.78, 5) is 12.9. The average molecular weight is 492 g/mol. The molecular formula is C21H22BrN3O4S. The van der Waals surface area contributed by atoms with Crippen LogP contribution in [-0.4, -0.2) is 38.7 Å². The van der Waals surface area contributed by atoms with Crippen LogP contribution >= 0.6 is 15.9 Å². The number of amides is 1. The third-order valence-corrected chi connectivity index (χ3v) is 7.17. The van der Waals surface area contributed by atoms with E-state index in [2.05, 4.69) is 30.5 Å². The molecule has 1 fully saturated rings. The SMILES string of the molecule is COCCn1ccc2cc(NC(=O)c3cc(S(=O)(=O)NC4CC4)ccc3Br)ccc21. The zero-order chi connectivity index (χ0) is 21.3. The molecule has 1 aliphatic rings. The lowest BCUT2D eigenvalue weighted by molar-refractivity contribution is 0.102. The van der Waals surface area contributed by atoms with Gasteiger partial charge in [0.15, 0.2) is 0 Å². The van der Waals surface area contributed by atoms with Crippen LogP contribution < -0.4 is 10.0 Å². The zero-order valence-corrected chi connectivity index (χ0v) is 18.8. The van der Waals surface area contributed by atoms with E-state index in [0.29, 0.717) is 16.8 Å². The molecular weight excluding hydrogens is 470 g/mol. The molecule has 1 aromatic heterocycles. The molecule has 0 bridgehead atoms. The fourth-order valence-electron chi connectivity index (χ4n) is 3.20. The number of nitrogens with one attached hydrogen (secondary N) is 2. The quantitative estimate of drug-likeness (QED) is 0.502. The van der Waals surface area contributed by atoms with Crippen molar-refractivity contribution in [1.82, 2.24) is 9.29 Å². The van der Waals surface area contributed by atoms with Crippen molar-refractivity contribution in [2.75, 3.05) is 19.0 Å². The highest BCUT2D eigenvalue weighted by atomic mass is 79.9. The summed E-state index contributed by atoms with van der Waals surface area (Å²) in [5.41, 5.74) is 1.94. The van der Waals surface area contributed by atoms with Gasteiger partial charge in [-0.3, -0.25) is 4.79 Å². The van der Waals surface area contributed by atoms with E-state index in [-0.39, 0.29) is 22.4 Å². The van der Waals surface area contributed by atoms with Crippen molar-refractivity contribution in [1.29, 1.82) is 0 Å². The zero-order valence-electron chi connectivity index (χ0n) is 16.4. The number of benzene rings is 2. The highest BCUT2D eigenvalue weighted by Crippen LogP contribution is 2.26. The molecule has 1 aliphatic carbocycles. The summed E-state index contributed by atoms with van der Waals surface area (Å²) < 4.78 is 35.3. The Kier molecular flexibility index (Phi) is 5.97. The number of carbonyl (C=O) groups is 1. The molecule has 1 heterocycles. The maximum atomic E-state index is 12.9. The van der Waals surface area contributed by atoms with Gasteiger partial charge in [0.1, 0.15) is 0 Å². The third-order valence-electron chi connectivity index (χ3n) is 4.96. The summed E-state index contributed by atoms with van der Waals surface area (Å²) in [7, 11) is -1.97. The van der Waals surface area contributed by atoms with Crippen LogP contribution in [0.2, 0.25) is 0 Å². The van der Waals surface area contributed by atoms with Crippen LogP contribution in [0.5, 0.6) is 0 Å². The van der Waals surface area contributed by atoms with E-state index in [4.69, 9.17) is 4.74 Å². The summed E-state index contributed by atoms with van der Waals surface area (Å²) in [6, 6.07) is 12.1. The van der Waals surface area contributed by atoms with Gasteiger partial charge in [-0.25, -0.2) is 13.1 Å². The van der Waals surface area contributed by atoms with Gasteiger partial charge in [-0.1, -0.05) is 0 Å². The number of ether oxygens (including phenoxy) is 1. The van der Waals surface area contributed by atoms with Crippen molar-refractivity contribution in [3.63, 3.8) is 0 Å². The highest BCUT2D eigenvalue weighted by Gasteiger charge is 2.28. The predicted molar refractivity (Wildman–Crippen MR) is 119 cm³/mol. The van der Waals surface area contributed by atoms with Gasteiger partial charge < -0.3 is 14.6 Å². The van der Waals surface area contributed by atoms with E-state index in [1.54, 1.807) is 13.2 Å². The molecule has 0 atom stereocenters.